The van der Waals surface area contributed by atoms with Gasteiger partial charge in [0.25, 0.3) is 0 Å². The van der Waals surface area contributed by atoms with Crippen LogP contribution in [0.15, 0.2) is 73.3 Å². The summed E-state index contributed by atoms with van der Waals surface area (Å²) in [5, 5.41) is 18.1. The van der Waals surface area contributed by atoms with Crippen LogP contribution < -0.4 is 29.9 Å². The van der Waals surface area contributed by atoms with E-state index >= 15 is 0 Å². The molecule has 0 spiro atoms. The molecule has 6 aromatic rings. The molecule has 12 rings (SSSR count). The Morgan fingerprint density at radius 1 is 0.547 bits per heavy atom. The van der Waals surface area contributed by atoms with Crippen LogP contribution in [0.5, 0.6) is 11.5 Å². The van der Waals surface area contributed by atoms with E-state index < -0.39 is 0 Å². The molecule has 0 amide bonds. The van der Waals surface area contributed by atoms with Gasteiger partial charge in [-0.2, -0.15) is 9.97 Å². The summed E-state index contributed by atoms with van der Waals surface area (Å²) in [7, 11) is 0. The summed E-state index contributed by atoms with van der Waals surface area (Å²) in [4.78, 5) is 31.9. The number of nitrogens with one attached hydrogen (secondary N) is 2. The minimum absolute atomic E-state index is 0.101. The van der Waals surface area contributed by atoms with Crippen molar-refractivity contribution in [3.63, 3.8) is 0 Å². The molecule has 2 unspecified atom stereocenters. The molecule has 2 aromatic carbocycles. The first kappa shape index (κ1) is 41.0. The number of aromatic nitrogens is 10. The number of aryl methyl sites for hydroxylation is 4. The lowest BCUT2D eigenvalue weighted by atomic mass is 9.92. The molecule has 64 heavy (non-hydrogen) atoms. The van der Waals surface area contributed by atoms with Crippen molar-refractivity contribution < 1.29 is 9.47 Å². The maximum Gasteiger partial charge on any atom is 0.242 e. The van der Waals surface area contributed by atoms with Gasteiger partial charge < -0.3 is 29.9 Å². The molecule has 4 bridgehead atoms. The Hall–Kier alpha value is -5.74. The first-order valence-corrected chi connectivity index (χ1v) is 23.3. The van der Waals surface area contributed by atoms with Crippen molar-refractivity contribution in [2.24, 2.45) is 23.7 Å². The Morgan fingerprint density at radius 2 is 0.969 bits per heavy atom. The van der Waals surface area contributed by atoms with Crippen LogP contribution in [0, 0.1) is 37.5 Å². The quantitative estimate of drug-likeness (QED) is 0.137. The molecule has 4 fully saturated rings. The van der Waals surface area contributed by atoms with Crippen LogP contribution in [0.1, 0.15) is 73.8 Å². The summed E-state index contributed by atoms with van der Waals surface area (Å²) < 4.78 is 16.3. The van der Waals surface area contributed by atoms with Gasteiger partial charge in [-0.25, -0.2) is 29.3 Å². The van der Waals surface area contributed by atoms with Gasteiger partial charge in [-0.05, 0) is 99.6 Å². The summed E-state index contributed by atoms with van der Waals surface area (Å²) in [6.45, 7) is 9.65. The van der Waals surface area contributed by atoms with Crippen LogP contribution in [-0.4, -0.2) is 87.7 Å². The highest BCUT2D eigenvalue weighted by molar-refractivity contribution is 6.31. The average Bonchev–Trinajstić information content (AvgIpc) is 4.12. The van der Waals surface area contributed by atoms with E-state index in [1.165, 1.54) is 25.7 Å². The smallest absolute Gasteiger partial charge is 0.242 e. The van der Waals surface area contributed by atoms with Crippen molar-refractivity contribution in [3.05, 3.63) is 106 Å². The van der Waals surface area contributed by atoms with Crippen molar-refractivity contribution in [3.8, 4) is 11.5 Å². The first-order chi connectivity index (χ1) is 31.2. The Labute approximate surface area is 382 Å². The van der Waals surface area contributed by atoms with Gasteiger partial charge in [0.1, 0.15) is 35.8 Å². The monoisotopic (exact) mass is 902 g/mol. The van der Waals surface area contributed by atoms with Gasteiger partial charge in [0, 0.05) is 97.8 Å². The number of halogens is 2. The van der Waals surface area contributed by atoms with Gasteiger partial charge >= 0.3 is 0 Å². The van der Waals surface area contributed by atoms with E-state index in [0.717, 1.165) is 98.3 Å². The molecule has 2 N–H and O–H groups in total. The fraction of sp³-hybridized carbons (Fsp3) is 0.478. The summed E-state index contributed by atoms with van der Waals surface area (Å²) in [5.41, 5.74) is 2.02. The third-order valence-corrected chi connectivity index (χ3v) is 14.3. The Balaban J connectivity index is 0.000000143. The molecule has 2 saturated heterocycles. The van der Waals surface area contributed by atoms with E-state index in [1.807, 2.05) is 71.7 Å². The highest BCUT2D eigenvalue weighted by atomic mass is 35.5. The van der Waals surface area contributed by atoms with Gasteiger partial charge in [-0.1, -0.05) is 35.3 Å². The Kier molecular flexibility index (Phi) is 11.1. The number of anilines is 4. The third-order valence-electron chi connectivity index (χ3n) is 13.8. The lowest BCUT2D eigenvalue weighted by molar-refractivity contribution is 0.203. The molecule has 0 radical (unpaired) electrons. The largest absolute Gasteiger partial charge is 0.482 e. The molecule has 2 aliphatic carbocycles. The van der Waals surface area contributed by atoms with Crippen LogP contribution in [0.25, 0.3) is 0 Å². The van der Waals surface area contributed by atoms with Crippen LogP contribution in [0.4, 0.5) is 23.5 Å². The number of benzene rings is 2. The summed E-state index contributed by atoms with van der Waals surface area (Å²) in [6, 6.07) is 20.0. The van der Waals surface area contributed by atoms with Crippen molar-refractivity contribution in [2.75, 3.05) is 46.6 Å². The van der Waals surface area contributed by atoms with Crippen molar-refractivity contribution in [2.45, 2.75) is 89.8 Å². The summed E-state index contributed by atoms with van der Waals surface area (Å²) in [5.74, 6) is 9.02. The number of hydrogen-bond donors (Lipinski definition) is 2. The highest BCUT2D eigenvalue weighted by Crippen LogP contribution is 2.42. The lowest BCUT2D eigenvalue weighted by Gasteiger charge is -2.38. The number of ether oxygens (including phenoxy) is 2. The molecule has 6 aliphatic rings. The Bertz CT molecular complexity index is 2420. The maximum absolute atomic E-state index is 6.16. The van der Waals surface area contributed by atoms with E-state index in [9.17, 15) is 0 Å². The van der Waals surface area contributed by atoms with Gasteiger partial charge in [0.15, 0.2) is 23.9 Å². The van der Waals surface area contributed by atoms with Crippen molar-refractivity contribution >= 4 is 46.7 Å². The number of hydrogen-bond acceptors (Lipinski definition) is 14. The SMILES string of the molecule is Cc1cc(N2C[C@H]3CC[C@@H](C2)C3Nc2nc3n(n2)CC[C@@H]3Oc2cccc(Cl)c2)ncn1.Cc1cc(N2C[C@H]3CC[C@@H](C2)C3Nc2nc3n(n2)CC[C@H]3Oc2cccc(Cl)c2)ncn1. The van der Waals surface area contributed by atoms with Gasteiger partial charge in [-0.15, -0.1) is 10.2 Å². The summed E-state index contributed by atoms with van der Waals surface area (Å²) in [6.07, 6.45) is 9.73. The molecule has 8 heterocycles. The molecular formula is C46H52Cl2N14O2. The van der Waals surface area contributed by atoms with Crippen molar-refractivity contribution in [1.82, 2.24) is 49.5 Å². The first-order valence-electron chi connectivity index (χ1n) is 22.6. The zero-order chi connectivity index (χ0) is 43.3. The Morgan fingerprint density at radius 3 is 1.36 bits per heavy atom. The molecule has 18 heteroatoms. The predicted octanol–water partition coefficient (Wildman–Crippen LogP) is 7.76. The maximum atomic E-state index is 6.16. The highest BCUT2D eigenvalue weighted by Gasteiger charge is 2.45. The molecule has 16 nitrogen and oxygen atoms in total. The van der Waals surface area contributed by atoms with Crippen LogP contribution in [0.3, 0.4) is 0 Å². The van der Waals surface area contributed by atoms with Crippen LogP contribution >= 0.6 is 23.2 Å². The standard InChI is InChI=1S/2C23H26ClN7O/c2*1-14-9-20(26-13-25-14)30-11-15-5-6-16(12-30)21(15)27-23-28-22-19(7-8-31(22)29-23)32-18-4-2-3-17(24)10-18/h2*2-4,9-10,13,15-16,19,21H,5-8,11-12H2,1H3,(H,27,29)/t2*15-,16+,19-,21?/m10/s1. The molecular weight excluding hydrogens is 852 g/mol. The van der Waals surface area contributed by atoms with E-state index in [0.29, 0.717) is 57.7 Å². The normalized spacial score (nSPS) is 26.2. The van der Waals surface area contributed by atoms with E-state index in [4.69, 9.17) is 52.8 Å². The average molecular weight is 904 g/mol. The molecule has 332 valence electrons. The number of rotatable bonds is 10. The number of piperidine rings is 2. The third kappa shape index (κ3) is 8.49. The van der Waals surface area contributed by atoms with Crippen LogP contribution in [-0.2, 0) is 13.1 Å². The van der Waals surface area contributed by atoms with Gasteiger partial charge in [-0.3, -0.25) is 0 Å². The molecule has 2 saturated carbocycles. The molecule has 4 aliphatic heterocycles. The second kappa shape index (κ2) is 17.3. The number of nitrogens with zero attached hydrogens (tertiary/aromatic N) is 12. The van der Waals surface area contributed by atoms with Crippen molar-refractivity contribution in [1.29, 1.82) is 0 Å². The predicted molar refractivity (Wildman–Crippen MR) is 244 cm³/mol. The topological polar surface area (TPSA) is 162 Å². The zero-order valence-electron chi connectivity index (χ0n) is 36.0. The van der Waals surface area contributed by atoms with E-state index in [1.54, 1.807) is 12.7 Å². The second-order valence-corrected chi connectivity index (χ2v) is 19.0. The van der Waals surface area contributed by atoms with Crippen LogP contribution in [0.2, 0.25) is 10.0 Å². The lowest BCUT2D eigenvalue weighted by Crippen LogP contribution is -2.48. The number of fused-ring (bicyclic) bond motifs is 6. The zero-order valence-corrected chi connectivity index (χ0v) is 37.5. The minimum atomic E-state index is -0.101. The van der Waals surface area contributed by atoms with Gasteiger partial charge in [0.05, 0.1) is 0 Å². The summed E-state index contributed by atoms with van der Waals surface area (Å²) >= 11 is 12.2. The van der Waals surface area contributed by atoms with Gasteiger partial charge in [0.2, 0.25) is 11.9 Å². The minimum Gasteiger partial charge on any atom is -0.482 e. The fourth-order valence-electron chi connectivity index (χ4n) is 10.8. The van der Waals surface area contributed by atoms with E-state index in [-0.39, 0.29) is 12.2 Å². The fourth-order valence-corrected chi connectivity index (χ4v) is 11.2. The molecule has 8 atom stereocenters. The molecule has 4 aromatic heterocycles. The second-order valence-electron chi connectivity index (χ2n) is 18.1. The van der Waals surface area contributed by atoms with E-state index in [2.05, 4.69) is 52.5 Å².